The van der Waals surface area contributed by atoms with Gasteiger partial charge in [0, 0.05) is 24.3 Å². The molecule has 0 saturated heterocycles. The van der Waals surface area contributed by atoms with Crippen LogP contribution in [0.4, 0.5) is 0 Å². The number of aryl methyl sites for hydroxylation is 1. The first-order valence-corrected chi connectivity index (χ1v) is 6.18. The summed E-state index contributed by atoms with van der Waals surface area (Å²) in [6.07, 6.45) is 5.73. The standard InChI is InChI=1S/C11H12N3O2S/c15-11(8-14-5-2-1-3-6-14)17-7-4-10-12-9-13-16-10/h1-3,5-6,9H,4,7-8H2/q+1. The zero-order chi connectivity index (χ0) is 11.9. The smallest absolute Gasteiger partial charge is 0.253 e. The lowest BCUT2D eigenvalue weighted by Crippen LogP contribution is -2.35. The van der Waals surface area contributed by atoms with E-state index in [1.54, 1.807) is 0 Å². The molecule has 88 valence electrons. The lowest BCUT2D eigenvalue weighted by atomic mass is 10.5. The van der Waals surface area contributed by atoms with Gasteiger partial charge in [-0.2, -0.15) is 9.55 Å². The van der Waals surface area contributed by atoms with E-state index in [-0.39, 0.29) is 5.12 Å². The largest absolute Gasteiger partial charge is 0.340 e. The van der Waals surface area contributed by atoms with Crippen LogP contribution in [-0.2, 0) is 17.8 Å². The Kier molecular flexibility index (Phi) is 4.26. The molecule has 2 heterocycles. The van der Waals surface area contributed by atoms with E-state index >= 15 is 0 Å². The molecule has 2 aromatic rings. The van der Waals surface area contributed by atoms with Gasteiger partial charge >= 0.3 is 0 Å². The molecule has 0 saturated carbocycles. The Morgan fingerprint density at radius 3 is 2.88 bits per heavy atom. The van der Waals surface area contributed by atoms with E-state index in [1.807, 2.05) is 35.2 Å². The number of hydrogen-bond donors (Lipinski definition) is 0. The molecule has 0 aliphatic carbocycles. The first-order chi connectivity index (χ1) is 8.34. The summed E-state index contributed by atoms with van der Waals surface area (Å²) in [5.41, 5.74) is 0. The summed E-state index contributed by atoms with van der Waals surface area (Å²) >= 11 is 1.28. The monoisotopic (exact) mass is 250 g/mol. The van der Waals surface area contributed by atoms with Crippen LogP contribution in [0.25, 0.3) is 0 Å². The molecule has 17 heavy (non-hydrogen) atoms. The maximum absolute atomic E-state index is 11.6. The van der Waals surface area contributed by atoms with Crippen molar-refractivity contribution in [2.24, 2.45) is 0 Å². The second-order valence-electron chi connectivity index (χ2n) is 3.35. The molecule has 0 N–H and O–H groups in total. The Labute approximate surface area is 103 Å². The summed E-state index contributed by atoms with van der Waals surface area (Å²) in [6.45, 7) is 0.384. The Balaban J connectivity index is 1.71. The van der Waals surface area contributed by atoms with Gasteiger partial charge in [-0.3, -0.25) is 4.79 Å². The molecule has 6 heteroatoms. The lowest BCUT2D eigenvalue weighted by Gasteiger charge is -1.96. The van der Waals surface area contributed by atoms with Gasteiger partial charge in [-0.1, -0.05) is 23.0 Å². The average molecular weight is 250 g/mol. The number of rotatable bonds is 5. The molecule has 2 aromatic heterocycles. The van der Waals surface area contributed by atoms with Gasteiger partial charge in [0.1, 0.15) is 0 Å². The first kappa shape index (κ1) is 11.8. The molecular weight excluding hydrogens is 238 g/mol. The van der Waals surface area contributed by atoms with E-state index in [0.717, 1.165) is 0 Å². The van der Waals surface area contributed by atoms with Gasteiger partial charge in [-0.15, -0.1) is 0 Å². The molecule has 0 aliphatic rings. The zero-order valence-corrected chi connectivity index (χ0v) is 9.97. The molecule has 0 amide bonds. The van der Waals surface area contributed by atoms with Crippen LogP contribution >= 0.6 is 11.8 Å². The molecule has 0 aliphatic heterocycles. The molecule has 0 radical (unpaired) electrons. The normalized spacial score (nSPS) is 10.4. The Morgan fingerprint density at radius 2 is 2.18 bits per heavy atom. The van der Waals surface area contributed by atoms with Crippen LogP contribution in [-0.4, -0.2) is 21.0 Å². The van der Waals surface area contributed by atoms with Crippen molar-refractivity contribution in [2.45, 2.75) is 13.0 Å². The number of carbonyl (C=O) groups excluding carboxylic acids is 1. The number of hydrogen-bond acceptors (Lipinski definition) is 5. The van der Waals surface area contributed by atoms with Gasteiger partial charge in [0.15, 0.2) is 18.7 Å². The molecule has 0 bridgehead atoms. The van der Waals surface area contributed by atoms with Crippen molar-refractivity contribution >= 4 is 16.9 Å². The fourth-order valence-electron chi connectivity index (χ4n) is 1.29. The van der Waals surface area contributed by atoms with E-state index in [9.17, 15) is 4.79 Å². The number of aromatic nitrogens is 3. The number of carbonyl (C=O) groups is 1. The molecule has 0 atom stereocenters. The minimum absolute atomic E-state index is 0.126. The molecule has 0 fully saturated rings. The van der Waals surface area contributed by atoms with Crippen molar-refractivity contribution in [3.8, 4) is 0 Å². The summed E-state index contributed by atoms with van der Waals surface area (Å²) in [6, 6.07) is 5.72. The second kappa shape index (κ2) is 6.15. The van der Waals surface area contributed by atoms with E-state index in [0.29, 0.717) is 24.6 Å². The molecule has 2 rings (SSSR count). The van der Waals surface area contributed by atoms with E-state index in [1.165, 1.54) is 18.1 Å². The molecule has 0 aromatic carbocycles. The third-order valence-electron chi connectivity index (χ3n) is 2.07. The van der Waals surface area contributed by atoms with Gasteiger partial charge in [0.2, 0.25) is 12.4 Å². The summed E-state index contributed by atoms with van der Waals surface area (Å²) < 4.78 is 6.69. The number of pyridine rings is 1. The lowest BCUT2D eigenvalue weighted by molar-refractivity contribution is -0.683. The van der Waals surface area contributed by atoms with E-state index < -0.39 is 0 Å². The third-order valence-corrected chi connectivity index (χ3v) is 2.93. The highest BCUT2D eigenvalue weighted by molar-refractivity contribution is 8.13. The first-order valence-electron chi connectivity index (χ1n) is 5.20. The minimum Gasteiger partial charge on any atom is -0.340 e. The van der Waals surface area contributed by atoms with Crippen molar-refractivity contribution in [2.75, 3.05) is 5.75 Å². The second-order valence-corrected chi connectivity index (χ2v) is 4.51. The van der Waals surface area contributed by atoms with Crippen molar-refractivity contribution in [1.29, 1.82) is 0 Å². The SMILES string of the molecule is O=C(C[n+]1ccccc1)SCCc1ncno1. The van der Waals surface area contributed by atoms with Crippen LogP contribution in [0.1, 0.15) is 5.89 Å². The predicted octanol–water partition coefficient (Wildman–Crippen LogP) is 0.860. The minimum atomic E-state index is 0.126. The van der Waals surface area contributed by atoms with Crippen molar-refractivity contribution in [1.82, 2.24) is 10.1 Å². The summed E-state index contributed by atoms with van der Waals surface area (Å²) in [5, 5.41) is 3.63. The van der Waals surface area contributed by atoms with Crippen LogP contribution in [0, 0.1) is 0 Å². The molecule has 5 nitrogen and oxygen atoms in total. The number of nitrogens with zero attached hydrogens (tertiary/aromatic N) is 3. The molecular formula is C11H12N3O2S+. The topological polar surface area (TPSA) is 59.9 Å². The van der Waals surface area contributed by atoms with Gasteiger partial charge in [-0.05, 0) is 0 Å². The van der Waals surface area contributed by atoms with E-state index in [2.05, 4.69) is 10.1 Å². The average Bonchev–Trinajstić information content (AvgIpc) is 2.83. The number of thioether (sulfide) groups is 1. The highest BCUT2D eigenvalue weighted by atomic mass is 32.2. The van der Waals surface area contributed by atoms with Gasteiger partial charge < -0.3 is 4.52 Å². The Bertz CT molecular complexity index is 459. The van der Waals surface area contributed by atoms with Gasteiger partial charge in [0.05, 0.1) is 0 Å². The fraction of sp³-hybridized carbons (Fsp3) is 0.273. The van der Waals surface area contributed by atoms with Gasteiger partial charge in [-0.25, -0.2) is 0 Å². The molecule has 0 spiro atoms. The zero-order valence-electron chi connectivity index (χ0n) is 9.15. The van der Waals surface area contributed by atoms with Crippen LogP contribution in [0.15, 0.2) is 41.4 Å². The Hall–Kier alpha value is -1.69. The quantitative estimate of drug-likeness (QED) is 0.737. The summed E-state index contributed by atoms with van der Waals surface area (Å²) in [7, 11) is 0. The van der Waals surface area contributed by atoms with Crippen molar-refractivity contribution in [3.63, 3.8) is 0 Å². The fourth-order valence-corrected chi connectivity index (χ4v) is 2.04. The van der Waals surface area contributed by atoms with E-state index in [4.69, 9.17) is 4.52 Å². The maximum atomic E-state index is 11.6. The highest BCUT2D eigenvalue weighted by Crippen LogP contribution is 2.05. The maximum Gasteiger partial charge on any atom is 0.253 e. The van der Waals surface area contributed by atoms with Crippen LogP contribution in [0.3, 0.4) is 0 Å². The summed E-state index contributed by atoms with van der Waals surface area (Å²) in [4.78, 5) is 15.5. The van der Waals surface area contributed by atoms with Crippen LogP contribution < -0.4 is 4.57 Å². The Morgan fingerprint density at radius 1 is 1.35 bits per heavy atom. The highest BCUT2D eigenvalue weighted by Gasteiger charge is 2.10. The van der Waals surface area contributed by atoms with Gasteiger partial charge in [0.25, 0.3) is 5.12 Å². The van der Waals surface area contributed by atoms with Crippen LogP contribution in [0.2, 0.25) is 0 Å². The van der Waals surface area contributed by atoms with Crippen LogP contribution in [0.5, 0.6) is 0 Å². The van der Waals surface area contributed by atoms with Crippen molar-refractivity contribution in [3.05, 3.63) is 42.8 Å². The van der Waals surface area contributed by atoms with Crippen molar-refractivity contribution < 1.29 is 13.9 Å². The predicted molar refractivity (Wildman–Crippen MR) is 62.1 cm³/mol. The summed E-state index contributed by atoms with van der Waals surface area (Å²) in [5.74, 6) is 1.23. The third kappa shape index (κ3) is 3.99. The molecule has 0 unspecified atom stereocenters.